The first-order valence-corrected chi connectivity index (χ1v) is 10.1. The summed E-state index contributed by atoms with van der Waals surface area (Å²) in [5.74, 6) is 1.30. The Morgan fingerprint density at radius 3 is 2.53 bits per heavy atom. The Morgan fingerprint density at radius 1 is 1.06 bits per heavy atom. The van der Waals surface area contributed by atoms with E-state index < -0.39 is 5.92 Å². The molecule has 0 radical (unpaired) electrons. The van der Waals surface area contributed by atoms with E-state index in [0.717, 1.165) is 16.7 Å². The number of nitrogens with two attached hydrogens (primary N) is 1. The van der Waals surface area contributed by atoms with Crippen LogP contribution in [0.2, 0.25) is 5.02 Å². The third-order valence-electron chi connectivity index (χ3n) is 5.31. The lowest BCUT2D eigenvalue weighted by Crippen LogP contribution is -2.21. The van der Waals surface area contributed by atoms with Gasteiger partial charge in [-0.15, -0.1) is 0 Å². The Kier molecular flexibility index (Phi) is 5.00. The van der Waals surface area contributed by atoms with Crippen molar-refractivity contribution in [2.45, 2.75) is 12.5 Å². The third-order valence-corrected chi connectivity index (χ3v) is 5.60. The predicted octanol–water partition coefficient (Wildman–Crippen LogP) is 5.00. The van der Waals surface area contributed by atoms with Crippen molar-refractivity contribution in [2.24, 2.45) is 5.73 Å². The molecule has 5 rings (SSSR count). The Morgan fingerprint density at radius 2 is 1.81 bits per heavy atom. The van der Waals surface area contributed by atoms with Gasteiger partial charge in [0.25, 0.3) is 0 Å². The first kappa shape index (κ1) is 20.0. The molecule has 0 unspecified atom stereocenters. The zero-order valence-electron chi connectivity index (χ0n) is 16.6. The lowest BCUT2D eigenvalue weighted by atomic mass is 9.83. The minimum Gasteiger partial charge on any atom is -0.487 e. The summed E-state index contributed by atoms with van der Waals surface area (Å²) in [6.45, 7) is 0.349. The van der Waals surface area contributed by atoms with E-state index in [2.05, 4.69) is 6.07 Å². The average Bonchev–Trinajstić information content (AvgIpc) is 3.24. The van der Waals surface area contributed by atoms with Crippen molar-refractivity contribution in [3.05, 3.63) is 93.6 Å². The molecule has 0 spiro atoms. The van der Waals surface area contributed by atoms with Crippen LogP contribution >= 0.6 is 11.6 Å². The zero-order chi connectivity index (χ0) is 22.2. The first-order chi connectivity index (χ1) is 15.5. The molecule has 2 aliphatic heterocycles. The largest absolute Gasteiger partial charge is 0.487 e. The van der Waals surface area contributed by atoms with Crippen LogP contribution in [-0.2, 0) is 6.61 Å². The number of hydrogen-bond donors (Lipinski definition) is 1. The molecule has 3 aromatic rings. The summed E-state index contributed by atoms with van der Waals surface area (Å²) in [6, 6.07) is 17.0. The van der Waals surface area contributed by atoms with Gasteiger partial charge in [-0.3, -0.25) is 0 Å². The van der Waals surface area contributed by atoms with Gasteiger partial charge in [-0.05, 0) is 41.5 Å². The standard InChI is InChI=1S/C24H16ClFN2O4/c25-18-7-14(3-6-19(18)29-11-13-1-4-15(26)5-2-13)23-16-8-21-22(31-12-30-21)9-20(16)32-24(28)17(23)10-27/h1-9,23H,11-12,28H2/t23-/m0/s1. The molecular weight excluding hydrogens is 435 g/mol. The van der Waals surface area contributed by atoms with E-state index in [4.69, 9.17) is 36.3 Å². The molecule has 8 heteroatoms. The second-order valence-electron chi connectivity index (χ2n) is 7.27. The number of nitriles is 1. The molecule has 160 valence electrons. The minimum absolute atomic E-state index is 0.0247. The predicted molar refractivity (Wildman–Crippen MR) is 114 cm³/mol. The third kappa shape index (κ3) is 3.55. The summed E-state index contributed by atoms with van der Waals surface area (Å²) >= 11 is 6.50. The zero-order valence-corrected chi connectivity index (χ0v) is 17.4. The Labute approximate surface area is 188 Å². The van der Waals surface area contributed by atoms with E-state index in [1.165, 1.54) is 12.1 Å². The number of rotatable bonds is 4. The van der Waals surface area contributed by atoms with Crippen LogP contribution in [0.3, 0.4) is 0 Å². The fourth-order valence-corrected chi connectivity index (χ4v) is 3.99. The van der Waals surface area contributed by atoms with Crippen LogP contribution in [0.4, 0.5) is 4.39 Å². The monoisotopic (exact) mass is 450 g/mol. The number of nitrogens with zero attached hydrogens (tertiary/aromatic N) is 1. The molecule has 0 aromatic heterocycles. The topological polar surface area (TPSA) is 86.7 Å². The molecule has 1 atom stereocenters. The molecule has 2 aliphatic rings. The summed E-state index contributed by atoms with van der Waals surface area (Å²) in [7, 11) is 0. The van der Waals surface area contributed by atoms with Crippen molar-refractivity contribution in [1.82, 2.24) is 0 Å². The smallest absolute Gasteiger partial charge is 0.231 e. The van der Waals surface area contributed by atoms with E-state index in [1.54, 1.807) is 36.4 Å². The van der Waals surface area contributed by atoms with Gasteiger partial charge in [-0.2, -0.15) is 5.26 Å². The van der Waals surface area contributed by atoms with Gasteiger partial charge >= 0.3 is 0 Å². The summed E-state index contributed by atoms with van der Waals surface area (Å²) in [5.41, 5.74) is 8.59. The van der Waals surface area contributed by atoms with Crippen LogP contribution in [0, 0.1) is 17.1 Å². The van der Waals surface area contributed by atoms with Gasteiger partial charge in [0.15, 0.2) is 11.5 Å². The number of ether oxygens (including phenoxy) is 4. The van der Waals surface area contributed by atoms with E-state index in [1.807, 2.05) is 6.07 Å². The number of benzene rings is 3. The highest BCUT2D eigenvalue weighted by Crippen LogP contribution is 2.48. The average molecular weight is 451 g/mol. The van der Waals surface area contributed by atoms with E-state index >= 15 is 0 Å². The van der Waals surface area contributed by atoms with Gasteiger partial charge in [0, 0.05) is 11.6 Å². The molecule has 0 amide bonds. The molecule has 2 N–H and O–H groups in total. The van der Waals surface area contributed by atoms with Gasteiger partial charge in [0.05, 0.1) is 10.9 Å². The molecule has 0 saturated carbocycles. The quantitative estimate of drug-likeness (QED) is 0.601. The van der Waals surface area contributed by atoms with Crippen molar-refractivity contribution in [3.63, 3.8) is 0 Å². The lowest BCUT2D eigenvalue weighted by Gasteiger charge is -2.27. The summed E-state index contributed by atoms with van der Waals surface area (Å²) in [6.07, 6.45) is 0. The molecule has 32 heavy (non-hydrogen) atoms. The number of fused-ring (bicyclic) bond motifs is 2. The molecular formula is C24H16ClFN2O4. The van der Waals surface area contributed by atoms with E-state index in [-0.39, 0.29) is 30.7 Å². The number of hydrogen-bond acceptors (Lipinski definition) is 6. The van der Waals surface area contributed by atoms with Crippen molar-refractivity contribution in [1.29, 1.82) is 5.26 Å². The Hall–Kier alpha value is -3.89. The first-order valence-electron chi connectivity index (χ1n) is 9.71. The minimum atomic E-state index is -0.498. The van der Waals surface area contributed by atoms with Crippen LogP contribution in [0.15, 0.2) is 66.1 Å². The van der Waals surface area contributed by atoms with Crippen molar-refractivity contribution in [3.8, 4) is 29.1 Å². The van der Waals surface area contributed by atoms with Gasteiger partial charge in [0.1, 0.15) is 35.6 Å². The molecule has 0 bridgehead atoms. The molecule has 2 heterocycles. The van der Waals surface area contributed by atoms with E-state index in [0.29, 0.717) is 28.0 Å². The van der Waals surface area contributed by atoms with Crippen LogP contribution in [0.25, 0.3) is 0 Å². The Balaban J connectivity index is 1.48. The maximum absolute atomic E-state index is 13.1. The van der Waals surface area contributed by atoms with Gasteiger partial charge < -0.3 is 24.7 Å². The highest BCUT2D eigenvalue weighted by Gasteiger charge is 2.33. The second-order valence-corrected chi connectivity index (χ2v) is 7.68. The van der Waals surface area contributed by atoms with E-state index in [9.17, 15) is 9.65 Å². The van der Waals surface area contributed by atoms with Crippen molar-refractivity contribution >= 4 is 11.6 Å². The van der Waals surface area contributed by atoms with Crippen LogP contribution in [-0.4, -0.2) is 6.79 Å². The number of allylic oxidation sites excluding steroid dienone is 1. The normalized spacial score (nSPS) is 16.2. The molecule has 0 fully saturated rings. The summed E-state index contributed by atoms with van der Waals surface area (Å²) in [5, 5.41) is 10.1. The second kappa shape index (κ2) is 7.98. The van der Waals surface area contributed by atoms with Crippen molar-refractivity contribution < 1.29 is 23.3 Å². The van der Waals surface area contributed by atoms with Gasteiger partial charge in [-0.1, -0.05) is 29.8 Å². The Bertz CT molecular complexity index is 1280. The highest BCUT2D eigenvalue weighted by molar-refractivity contribution is 6.32. The molecule has 3 aromatic carbocycles. The summed E-state index contributed by atoms with van der Waals surface area (Å²) in [4.78, 5) is 0. The SMILES string of the molecule is N#CC1=C(N)Oc2cc3c(cc2[C@@H]1c1ccc(OCc2ccc(F)cc2)c(Cl)c1)OCO3. The summed E-state index contributed by atoms with van der Waals surface area (Å²) < 4.78 is 35.5. The highest BCUT2D eigenvalue weighted by atomic mass is 35.5. The fourth-order valence-electron chi connectivity index (χ4n) is 3.75. The molecule has 6 nitrogen and oxygen atoms in total. The van der Waals surface area contributed by atoms with Crippen LogP contribution in [0.1, 0.15) is 22.6 Å². The van der Waals surface area contributed by atoms with Gasteiger partial charge in [0.2, 0.25) is 12.7 Å². The fraction of sp³-hybridized carbons (Fsp3) is 0.125. The maximum Gasteiger partial charge on any atom is 0.231 e. The lowest BCUT2D eigenvalue weighted by molar-refractivity contribution is 0.174. The van der Waals surface area contributed by atoms with Gasteiger partial charge in [-0.25, -0.2) is 4.39 Å². The number of halogens is 2. The molecule has 0 aliphatic carbocycles. The molecule has 0 saturated heterocycles. The van der Waals surface area contributed by atoms with Crippen LogP contribution in [0.5, 0.6) is 23.0 Å². The maximum atomic E-state index is 13.1. The van der Waals surface area contributed by atoms with Crippen LogP contribution < -0.4 is 24.7 Å². The van der Waals surface area contributed by atoms with Crippen molar-refractivity contribution in [2.75, 3.05) is 6.79 Å².